The predicted octanol–water partition coefficient (Wildman–Crippen LogP) is 3.09. The molecule has 1 aliphatic rings. The molecule has 0 spiro atoms. The minimum atomic E-state index is -0.694. The third-order valence-corrected chi connectivity index (χ3v) is 3.05. The molecule has 1 fully saturated rings. The lowest BCUT2D eigenvalue weighted by atomic mass is 10.1. The number of hydrogen-bond acceptors (Lipinski definition) is 2. The maximum absolute atomic E-state index is 13.0. The van der Waals surface area contributed by atoms with Crippen molar-refractivity contribution in [3.63, 3.8) is 0 Å². The van der Waals surface area contributed by atoms with Gasteiger partial charge in [-0.1, -0.05) is 11.6 Å². The van der Waals surface area contributed by atoms with Gasteiger partial charge in [-0.15, -0.1) is 0 Å². The van der Waals surface area contributed by atoms with Crippen molar-refractivity contribution in [1.82, 2.24) is 0 Å². The number of piperidine rings is 1. The minimum absolute atomic E-state index is 0.543. The first-order valence-electron chi connectivity index (χ1n) is 5.34. The number of rotatable bonds is 2. The summed E-state index contributed by atoms with van der Waals surface area (Å²) < 4.78 is 13.0. The van der Waals surface area contributed by atoms with E-state index >= 15 is 0 Å². The normalized spacial score (nSPS) is 17.5. The Hall–Kier alpha value is -1.09. The summed E-state index contributed by atoms with van der Waals surface area (Å²) in [6.07, 6.45) is 1.17. The fourth-order valence-corrected chi connectivity index (χ4v) is 2.19. The zero-order chi connectivity index (χ0) is 11.5. The zero-order valence-electron chi connectivity index (χ0n) is 8.83. The van der Waals surface area contributed by atoms with Crippen molar-refractivity contribution in [2.75, 3.05) is 18.0 Å². The molecule has 1 aromatic carbocycles. The second-order valence-corrected chi connectivity index (χ2v) is 4.46. The SMILES string of the molecule is O=Cc1cc(Cl)cc(N2CCC(F)CC2)c1. The Labute approximate surface area is 99.0 Å². The first-order chi connectivity index (χ1) is 7.69. The molecule has 1 aromatic rings. The third kappa shape index (κ3) is 2.53. The van der Waals surface area contributed by atoms with E-state index in [-0.39, 0.29) is 0 Å². The van der Waals surface area contributed by atoms with Gasteiger partial charge in [-0.25, -0.2) is 4.39 Å². The molecule has 1 saturated heterocycles. The Morgan fingerprint density at radius 3 is 2.62 bits per heavy atom. The third-order valence-electron chi connectivity index (χ3n) is 2.83. The van der Waals surface area contributed by atoms with Crippen LogP contribution in [0.2, 0.25) is 5.02 Å². The van der Waals surface area contributed by atoms with Crippen LogP contribution in [-0.4, -0.2) is 25.5 Å². The number of alkyl halides is 1. The van der Waals surface area contributed by atoms with Crippen LogP contribution in [0.25, 0.3) is 0 Å². The summed E-state index contributed by atoms with van der Waals surface area (Å²) in [5.41, 5.74) is 1.46. The molecule has 0 unspecified atom stereocenters. The Bertz CT molecular complexity index is 389. The fourth-order valence-electron chi connectivity index (χ4n) is 1.95. The minimum Gasteiger partial charge on any atom is -0.371 e. The summed E-state index contributed by atoms with van der Waals surface area (Å²) in [7, 11) is 0. The summed E-state index contributed by atoms with van der Waals surface area (Å²) in [5.74, 6) is 0. The molecule has 0 aliphatic carbocycles. The lowest BCUT2D eigenvalue weighted by Gasteiger charge is -2.30. The van der Waals surface area contributed by atoms with E-state index in [1.807, 2.05) is 6.07 Å². The summed E-state index contributed by atoms with van der Waals surface area (Å²) >= 11 is 5.92. The second-order valence-electron chi connectivity index (χ2n) is 4.02. The molecular formula is C12H13ClFNO. The lowest BCUT2D eigenvalue weighted by Crippen LogP contribution is -2.34. The molecule has 2 nitrogen and oxygen atoms in total. The molecule has 0 radical (unpaired) electrons. The van der Waals surface area contributed by atoms with E-state index in [0.717, 1.165) is 12.0 Å². The highest BCUT2D eigenvalue weighted by molar-refractivity contribution is 6.31. The number of aldehydes is 1. The first-order valence-corrected chi connectivity index (χ1v) is 5.71. The van der Waals surface area contributed by atoms with Crippen molar-refractivity contribution in [3.8, 4) is 0 Å². The average molecular weight is 242 g/mol. The number of anilines is 1. The van der Waals surface area contributed by atoms with Crippen LogP contribution in [0.4, 0.5) is 10.1 Å². The molecule has 16 heavy (non-hydrogen) atoms. The van der Waals surface area contributed by atoms with E-state index in [4.69, 9.17) is 11.6 Å². The van der Waals surface area contributed by atoms with Gasteiger partial charge in [0.05, 0.1) is 0 Å². The van der Waals surface area contributed by atoms with Gasteiger partial charge in [0, 0.05) is 29.4 Å². The molecular weight excluding hydrogens is 229 g/mol. The Balaban J connectivity index is 2.19. The van der Waals surface area contributed by atoms with Crippen LogP contribution in [0.3, 0.4) is 0 Å². The smallest absolute Gasteiger partial charge is 0.150 e. The van der Waals surface area contributed by atoms with E-state index in [1.54, 1.807) is 12.1 Å². The van der Waals surface area contributed by atoms with Gasteiger partial charge in [-0.05, 0) is 31.0 Å². The molecule has 1 heterocycles. The van der Waals surface area contributed by atoms with Crippen LogP contribution in [0, 0.1) is 0 Å². The quantitative estimate of drug-likeness (QED) is 0.742. The summed E-state index contributed by atoms with van der Waals surface area (Å²) in [6.45, 7) is 1.36. The van der Waals surface area contributed by atoms with E-state index in [0.29, 0.717) is 36.5 Å². The van der Waals surface area contributed by atoms with Crippen LogP contribution >= 0.6 is 11.6 Å². The number of hydrogen-bond donors (Lipinski definition) is 0. The van der Waals surface area contributed by atoms with E-state index in [9.17, 15) is 9.18 Å². The van der Waals surface area contributed by atoms with E-state index < -0.39 is 6.17 Å². The lowest BCUT2D eigenvalue weighted by molar-refractivity contribution is 0.112. The highest BCUT2D eigenvalue weighted by Crippen LogP contribution is 2.25. The number of benzene rings is 1. The van der Waals surface area contributed by atoms with E-state index in [1.165, 1.54) is 0 Å². The number of carbonyl (C=O) groups is 1. The average Bonchev–Trinajstić information content (AvgIpc) is 2.29. The van der Waals surface area contributed by atoms with Gasteiger partial charge >= 0.3 is 0 Å². The van der Waals surface area contributed by atoms with Crippen LogP contribution in [-0.2, 0) is 0 Å². The van der Waals surface area contributed by atoms with Crippen molar-refractivity contribution in [1.29, 1.82) is 0 Å². The maximum atomic E-state index is 13.0. The zero-order valence-corrected chi connectivity index (χ0v) is 9.58. The monoisotopic (exact) mass is 241 g/mol. The largest absolute Gasteiger partial charge is 0.371 e. The van der Waals surface area contributed by atoms with Crippen molar-refractivity contribution in [2.24, 2.45) is 0 Å². The molecule has 0 saturated carbocycles. The first kappa shape index (κ1) is 11.4. The van der Waals surface area contributed by atoms with Crippen molar-refractivity contribution in [3.05, 3.63) is 28.8 Å². The van der Waals surface area contributed by atoms with Gasteiger partial charge in [0.1, 0.15) is 12.5 Å². The molecule has 0 atom stereocenters. The van der Waals surface area contributed by atoms with Gasteiger partial charge in [0.2, 0.25) is 0 Å². The molecule has 2 rings (SSSR count). The standard InChI is InChI=1S/C12H13ClFNO/c13-10-5-9(8-16)6-12(7-10)15-3-1-11(14)2-4-15/h5-8,11H,1-4H2. The fraction of sp³-hybridized carbons (Fsp3) is 0.417. The molecule has 0 bridgehead atoms. The number of nitrogens with zero attached hydrogens (tertiary/aromatic N) is 1. The summed E-state index contributed by atoms with van der Waals surface area (Å²) in [6, 6.07) is 5.23. The summed E-state index contributed by atoms with van der Waals surface area (Å²) in [5, 5.41) is 0.543. The van der Waals surface area contributed by atoms with Crippen LogP contribution < -0.4 is 4.90 Å². The van der Waals surface area contributed by atoms with Gasteiger partial charge < -0.3 is 4.90 Å². The Morgan fingerprint density at radius 2 is 2.00 bits per heavy atom. The van der Waals surface area contributed by atoms with Gasteiger partial charge in [0.15, 0.2) is 0 Å². The van der Waals surface area contributed by atoms with E-state index in [2.05, 4.69) is 4.90 Å². The van der Waals surface area contributed by atoms with Crippen molar-refractivity contribution < 1.29 is 9.18 Å². The van der Waals surface area contributed by atoms with Crippen molar-refractivity contribution in [2.45, 2.75) is 19.0 Å². The van der Waals surface area contributed by atoms with Gasteiger partial charge in [0.25, 0.3) is 0 Å². The molecule has 0 amide bonds. The molecule has 0 N–H and O–H groups in total. The Kier molecular flexibility index (Phi) is 3.44. The molecule has 1 aliphatic heterocycles. The van der Waals surface area contributed by atoms with Crippen LogP contribution in [0.1, 0.15) is 23.2 Å². The topological polar surface area (TPSA) is 20.3 Å². The van der Waals surface area contributed by atoms with Crippen LogP contribution in [0.5, 0.6) is 0 Å². The highest BCUT2D eigenvalue weighted by atomic mass is 35.5. The van der Waals surface area contributed by atoms with Gasteiger partial charge in [-0.2, -0.15) is 0 Å². The molecule has 0 aromatic heterocycles. The van der Waals surface area contributed by atoms with Crippen molar-refractivity contribution >= 4 is 23.6 Å². The predicted molar refractivity (Wildman–Crippen MR) is 63.2 cm³/mol. The molecule has 86 valence electrons. The number of halogens is 2. The molecule has 4 heteroatoms. The maximum Gasteiger partial charge on any atom is 0.150 e. The highest BCUT2D eigenvalue weighted by Gasteiger charge is 2.18. The Morgan fingerprint density at radius 1 is 1.31 bits per heavy atom. The summed E-state index contributed by atoms with van der Waals surface area (Å²) in [4.78, 5) is 12.8. The van der Waals surface area contributed by atoms with Gasteiger partial charge in [-0.3, -0.25) is 4.79 Å². The van der Waals surface area contributed by atoms with Crippen LogP contribution in [0.15, 0.2) is 18.2 Å². The number of carbonyl (C=O) groups excluding carboxylic acids is 1. The second kappa shape index (κ2) is 4.83.